The van der Waals surface area contributed by atoms with E-state index in [4.69, 9.17) is 5.73 Å². The summed E-state index contributed by atoms with van der Waals surface area (Å²) in [7, 11) is -2.84. The third kappa shape index (κ3) is 2.33. The first-order valence-corrected chi connectivity index (χ1v) is 7.04. The van der Waals surface area contributed by atoms with E-state index in [1.165, 1.54) is 0 Å². The average molecular weight is 241 g/mol. The van der Waals surface area contributed by atoms with Crippen LogP contribution in [0.25, 0.3) is 0 Å². The molecule has 0 aliphatic carbocycles. The van der Waals surface area contributed by atoms with Crippen molar-refractivity contribution in [3.8, 4) is 0 Å². The van der Waals surface area contributed by atoms with E-state index in [-0.39, 0.29) is 11.5 Å². The lowest BCUT2D eigenvalue weighted by molar-refractivity contribution is 0.586. The Morgan fingerprint density at radius 1 is 1.38 bits per heavy atom. The molecule has 0 spiro atoms. The van der Waals surface area contributed by atoms with Crippen LogP contribution in [-0.2, 0) is 16.4 Å². The lowest BCUT2D eigenvalue weighted by Gasteiger charge is -2.29. The van der Waals surface area contributed by atoms with Crippen LogP contribution in [0.3, 0.4) is 0 Å². The van der Waals surface area contributed by atoms with Crippen molar-refractivity contribution in [3.63, 3.8) is 0 Å². The summed E-state index contributed by atoms with van der Waals surface area (Å²) in [6, 6.07) is 3.78. The fraction of sp³-hybridized carbons (Fsp3) is 0.500. The standard InChI is InChI=1S/C10H15N3O2S/c11-8-9-10(2-1-3-12-9)13-4-6-16(14,15)7-5-13/h1-3H,4-8,11H2. The van der Waals surface area contributed by atoms with E-state index in [1.54, 1.807) is 6.20 Å². The number of hydrogen-bond acceptors (Lipinski definition) is 5. The van der Waals surface area contributed by atoms with E-state index in [1.807, 2.05) is 17.0 Å². The Morgan fingerprint density at radius 2 is 2.06 bits per heavy atom. The summed E-state index contributed by atoms with van der Waals surface area (Å²) in [4.78, 5) is 6.23. The number of pyridine rings is 1. The van der Waals surface area contributed by atoms with Crippen molar-refractivity contribution in [2.45, 2.75) is 6.54 Å². The predicted octanol–water partition coefficient (Wildman–Crippen LogP) is -0.225. The van der Waals surface area contributed by atoms with E-state index in [9.17, 15) is 8.42 Å². The molecule has 0 bridgehead atoms. The van der Waals surface area contributed by atoms with Crippen LogP contribution in [0.5, 0.6) is 0 Å². The molecule has 1 saturated heterocycles. The van der Waals surface area contributed by atoms with Gasteiger partial charge in [0, 0.05) is 25.8 Å². The van der Waals surface area contributed by atoms with Gasteiger partial charge in [-0.05, 0) is 12.1 Å². The van der Waals surface area contributed by atoms with Gasteiger partial charge in [0.2, 0.25) is 0 Å². The van der Waals surface area contributed by atoms with Crippen LogP contribution < -0.4 is 10.6 Å². The molecule has 88 valence electrons. The van der Waals surface area contributed by atoms with E-state index in [0.29, 0.717) is 19.6 Å². The molecule has 0 amide bonds. The smallest absolute Gasteiger partial charge is 0.153 e. The number of nitrogens with zero attached hydrogens (tertiary/aromatic N) is 2. The van der Waals surface area contributed by atoms with Crippen molar-refractivity contribution in [3.05, 3.63) is 24.0 Å². The highest BCUT2D eigenvalue weighted by atomic mass is 32.2. The van der Waals surface area contributed by atoms with Crippen molar-refractivity contribution in [1.29, 1.82) is 0 Å². The Balaban J connectivity index is 2.20. The molecular weight excluding hydrogens is 226 g/mol. The molecule has 2 N–H and O–H groups in total. The zero-order valence-electron chi connectivity index (χ0n) is 8.96. The van der Waals surface area contributed by atoms with Crippen LogP contribution in [0.4, 0.5) is 5.69 Å². The lowest BCUT2D eigenvalue weighted by Crippen LogP contribution is -2.40. The number of hydrogen-bond donors (Lipinski definition) is 1. The van der Waals surface area contributed by atoms with Gasteiger partial charge in [0.25, 0.3) is 0 Å². The maximum absolute atomic E-state index is 11.3. The molecule has 1 fully saturated rings. The zero-order chi connectivity index (χ0) is 11.6. The third-order valence-electron chi connectivity index (χ3n) is 2.74. The zero-order valence-corrected chi connectivity index (χ0v) is 9.78. The summed E-state index contributed by atoms with van der Waals surface area (Å²) >= 11 is 0. The maximum Gasteiger partial charge on any atom is 0.153 e. The Bertz CT molecular complexity index is 459. The molecule has 0 radical (unpaired) electrons. The van der Waals surface area contributed by atoms with Gasteiger partial charge in [-0.15, -0.1) is 0 Å². The van der Waals surface area contributed by atoms with Crippen molar-refractivity contribution in [1.82, 2.24) is 4.98 Å². The van der Waals surface area contributed by atoms with Crippen molar-refractivity contribution in [2.24, 2.45) is 5.73 Å². The van der Waals surface area contributed by atoms with Gasteiger partial charge in [0.05, 0.1) is 22.9 Å². The fourth-order valence-corrected chi connectivity index (χ4v) is 3.03. The highest BCUT2D eigenvalue weighted by Gasteiger charge is 2.22. The van der Waals surface area contributed by atoms with Crippen LogP contribution >= 0.6 is 0 Å². The Hall–Kier alpha value is -1.14. The average Bonchev–Trinajstić information content (AvgIpc) is 2.29. The van der Waals surface area contributed by atoms with Gasteiger partial charge in [0.15, 0.2) is 9.84 Å². The highest BCUT2D eigenvalue weighted by Crippen LogP contribution is 2.19. The SMILES string of the molecule is NCc1ncccc1N1CCS(=O)(=O)CC1. The molecule has 0 unspecified atom stereocenters. The molecule has 0 aromatic carbocycles. The molecule has 1 aliphatic heterocycles. The predicted molar refractivity (Wildman–Crippen MR) is 63.0 cm³/mol. The van der Waals surface area contributed by atoms with E-state index < -0.39 is 9.84 Å². The van der Waals surface area contributed by atoms with Crippen molar-refractivity contribution < 1.29 is 8.42 Å². The molecule has 1 aromatic rings. The minimum Gasteiger partial charge on any atom is -0.368 e. The summed E-state index contributed by atoms with van der Waals surface area (Å²) in [6.07, 6.45) is 1.70. The first-order chi connectivity index (χ1) is 7.62. The number of sulfone groups is 1. The van der Waals surface area contributed by atoms with Gasteiger partial charge in [-0.2, -0.15) is 0 Å². The molecule has 1 aliphatic rings. The molecule has 2 rings (SSSR count). The normalized spacial score (nSPS) is 19.7. The highest BCUT2D eigenvalue weighted by molar-refractivity contribution is 7.91. The summed E-state index contributed by atoms with van der Waals surface area (Å²) in [5, 5.41) is 0. The molecule has 2 heterocycles. The molecular formula is C10H15N3O2S. The lowest BCUT2D eigenvalue weighted by atomic mass is 10.2. The summed E-state index contributed by atoms with van der Waals surface area (Å²) < 4.78 is 22.6. The van der Waals surface area contributed by atoms with Gasteiger partial charge in [-0.25, -0.2) is 8.42 Å². The van der Waals surface area contributed by atoms with Crippen LogP contribution in [0, 0.1) is 0 Å². The van der Waals surface area contributed by atoms with E-state index in [2.05, 4.69) is 4.98 Å². The Labute approximate surface area is 95.2 Å². The Kier molecular flexibility index (Phi) is 3.11. The molecule has 0 atom stereocenters. The van der Waals surface area contributed by atoms with Crippen LogP contribution in [0.2, 0.25) is 0 Å². The van der Waals surface area contributed by atoms with Gasteiger partial charge in [-0.3, -0.25) is 4.98 Å². The van der Waals surface area contributed by atoms with Crippen LogP contribution in [0.15, 0.2) is 18.3 Å². The second-order valence-electron chi connectivity index (χ2n) is 3.81. The monoisotopic (exact) mass is 241 g/mol. The van der Waals surface area contributed by atoms with Gasteiger partial charge < -0.3 is 10.6 Å². The number of nitrogens with two attached hydrogens (primary N) is 1. The van der Waals surface area contributed by atoms with E-state index >= 15 is 0 Å². The Morgan fingerprint density at radius 3 is 2.69 bits per heavy atom. The van der Waals surface area contributed by atoms with Gasteiger partial charge in [-0.1, -0.05) is 0 Å². The molecule has 6 heteroatoms. The second-order valence-corrected chi connectivity index (χ2v) is 6.12. The number of rotatable bonds is 2. The fourth-order valence-electron chi connectivity index (χ4n) is 1.83. The summed E-state index contributed by atoms with van der Waals surface area (Å²) in [5.41, 5.74) is 7.38. The maximum atomic E-state index is 11.3. The molecule has 1 aromatic heterocycles. The topological polar surface area (TPSA) is 76.3 Å². The summed E-state index contributed by atoms with van der Waals surface area (Å²) in [5.74, 6) is 0.428. The summed E-state index contributed by atoms with van der Waals surface area (Å²) in [6.45, 7) is 1.43. The molecule has 5 nitrogen and oxygen atoms in total. The minimum atomic E-state index is -2.84. The first kappa shape index (κ1) is 11.3. The van der Waals surface area contributed by atoms with Crippen molar-refractivity contribution in [2.75, 3.05) is 29.5 Å². The first-order valence-electron chi connectivity index (χ1n) is 5.22. The largest absolute Gasteiger partial charge is 0.368 e. The minimum absolute atomic E-state index is 0.214. The number of aromatic nitrogens is 1. The second kappa shape index (κ2) is 4.39. The van der Waals surface area contributed by atoms with Gasteiger partial charge in [0.1, 0.15) is 0 Å². The van der Waals surface area contributed by atoms with Gasteiger partial charge >= 0.3 is 0 Å². The van der Waals surface area contributed by atoms with Crippen LogP contribution in [0.1, 0.15) is 5.69 Å². The number of anilines is 1. The quantitative estimate of drug-likeness (QED) is 0.774. The molecule has 16 heavy (non-hydrogen) atoms. The van der Waals surface area contributed by atoms with Crippen LogP contribution in [-0.4, -0.2) is 38.0 Å². The van der Waals surface area contributed by atoms with E-state index in [0.717, 1.165) is 11.4 Å². The molecule has 0 saturated carbocycles. The van der Waals surface area contributed by atoms with Crippen molar-refractivity contribution >= 4 is 15.5 Å². The third-order valence-corrected chi connectivity index (χ3v) is 4.35.